The Bertz CT molecular complexity index is 351. The normalized spacial score (nSPS) is 13.1. The van der Waals surface area contributed by atoms with Gasteiger partial charge in [0.05, 0.1) is 0 Å². The average Bonchev–Trinajstić information content (AvgIpc) is 2.03. The molecule has 0 saturated carbocycles. The summed E-state index contributed by atoms with van der Waals surface area (Å²) in [6, 6.07) is 9.02. The third kappa shape index (κ3) is 4.10. The number of halogens is 1. The van der Waals surface area contributed by atoms with E-state index in [0.717, 1.165) is 0 Å². The molecule has 0 fully saturated rings. The first kappa shape index (κ1) is 13.6. The SMILES string of the molecule is O=S(=O)(O)C(Br)c1cc[c-]cc1.[Na+]. The molecule has 0 heterocycles. The molecule has 13 heavy (non-hydrogen) atoms. The predicted octanol–water partition coefficient (Wildman–Crippen LogP) is -1.23. The zero-order chi connectivity index (χ0) is 9.19. The third-order valence-corrected chi connectivity index (χ3v) is 4.01. The molecule has 0 amide bonds. The second-order valence-corrected chi connectivity index (χ2v) is 5.19. The third-order valence-electron chi connectivity index (χ3n) is 1.27. The van der Waals surface area contributed by atoms with Crippen LogP contribution in [0.1, 0.15) is 9.72 Å². The van der Waals surface area contributed by atoms with Crippen molar-refractivity contribution in [1.82, 2.24) is 0 Å². The molecule has 0 aliphatic heterocycles. The zero-order valence-electron chi connectivity index (χ0n) is 6.94. The molecule has 0 aliphatic rings. The minimum absolute atomic E-state index is 0. The summed E-state index contributed by atoms with van der Waals surface area (Å²) in [5, 5.41) is 0. The summed E-state index contributed by atoms with van der Waals surface area (Å²) in [6.45, 7) is 0. The number of benzene rings is 1. The Morgan fingerprint density at radius 1 is 1.38 bits per heavy atom. The first-order chi connectivity index (χ1) is 5.52. The Kier molecular flexibility index (Phi) is 5.74. The van der Waals surface area contributed by atoms with Crippen LogP contribution in [0.3, 0.4) is 0 Å². The molecule has 0 bridgehead atoms. The van der Waals surface area contributed by atoms with Crippen LogP contribution in [0, 0.1) is 6.07 Å². The van der Waals surface area contributed by atoms with Crippen molar-refractivity contribution >= 4 is 26.0 Å². The van der Waals surface area contributed by atoms with Crippen LogP contribution in [0.5, 0.6) is 0 Å². The summed E-state index contributed by atoms with van der Waals surface area (Å²) in [6.07, 6.45) is 0. The Labute approximate surface area is 108 Å². The van der Waals surface area contributed by atoms with Crippen LogP contribution in [0.15, 0.2) is 24.3 Å². The molecule has 0 radical (unpaired) electrons. The van der Waals surface area contributed by atoms with E-state index in [0.29, 0.717) is 5.56 Å². The largest absolute Gasteiger partial charge is 1.00 e. The van der Waals surface area contributed by atoms with Gasteiger partial charge in [0.25, 0.3) is 10.1 Å². The van der Waals surface area contributed by atoms with Gasteiger partial charge >= 0.3 is 29.6 Å². The van der Waals surface area contributed by atoms with Crippen molar-refractivity contribution in [1.29, 1.82) is 0 Å². The molecule has 1 atom stereocenters. The fourth-order valence-corrected chi connectivity index (χ4v) is 1.53. The average molecular weight is 273 g/mol. The van der Waals surface area contributed by atoms with Gasteiger partial charge in [0.15, 0.2) is 0 Å². The van der Waals surface area contributed by atoms with Gasteiger partial charge in [-0.1, -0.05) is 15.9 Å². The smallest absolute Gasteiger partial charge is 0.284 e. The molecule has 66 valence electrons. The molecule has 0 aromatic heterocycles. The van der Waals surface area contributed by atoms with Crippen molar-refractivity contribution in [3.05, 3.63) is 35.9 Å². The van der Waals surface area contributed by atoms with Crippen molar-refractivity contribution in [2.24, 2.45) is 0 Å². The molecule has 6 heteroatoms. The zero-order valence-corrected chi connectivity index (χ0v) is 11.3. The molecular formula is C7H6BrNaO3S. The topological polar surface area (TPSA) is 54.4 Å². The van der Waals surface area contributed by atoms with Gasteiger partial charge in [-0.15, -0.1) is 5.56 Å². The van der Waals surface area contributed by atoms with Crippen LogP contribution in [-0.4, -0.2) is 13.0 Å². The molecule has 1 N–H and O–H groups in total. The predicted molar refractivity (Wildman–Crippen MR) is 48.5 cm³/mol. The van der Waals surface area contributed by atoms with Gasteiger partial charge in [-0.3, -0.25) is 4.55 Å². The monoisotopic (exact) mass is 272 g/mol. The van der Waals surface area contributed by atoms with Crippen molar-refractivity contribution in [3.63, 3.8) is 0 Å². The van der Waals surface area contributed by atoms with Crippen LogP contribution in [0.25, 0.3) is 0 Å². The van der Waals surface area contributed by atoms with Gasteiger partial charge in [0, 0.05) is 0 Å². The second-order valence-electron chi connectivity index (χ2n) is 2.16. The van der Waals surface area contributed by atoms with E-state index < -0.39 is 14.3 Å². The van der Waals surface area contributed by atoms with Crippen LogP contribution < -0.4 is 29.6 Å². The molecule has 0 saturated heterocycles. The van der Waals surface area contributed by atoms with Crippen molar-refractivity contribution in [3.8, 4) is 0 Å². The molecule has 1 aromatic carbocycles. The van der Waals surface area contributed by atoms with Gasteiger partial charge in [-0.2, -0.15) is 38.7 Å². The standard InChI is InChI=1S/C7H6BrO3S.Na/c8-7(12(9,10)11)6-4-2-1-3-5-6;/h2-5,7H,(H,9,10,11);/q-1;+1. The Balaban J connectivity index is 0.00000144. The molecule has 1 aromatic rings. The van der Waals surface area contributed by atoms with Crippen molar-refractivity contribution < 1.29 is 42.5 Å². The minimum atomic E-state index is -4.05. The first-order valence-corrected chi connectivity index (χ1v) is 5.50. The summed E-state index contributed by atoms with van der Waals surface area (Å²) >= 11 is 2.85. The first-order valence-electron chi connectivity index (χ1n) is 3.08. The van der Waals surface area contributed by atoms with Gasteiger partial charge in [-0.25, -0.2) is 0 Å². The quantitative estimate of drug-likeness (QED) is 0.318. The molecule has 0 aliphatic carbocycles. The maximum Gasteiger partial charge on any atom is 1.00 e. The van der Waals surface area contributed by atoms with Crippen LogP contribution >= 0.6 is 15.9 Å². The fourth-order valence-electron chi connectivity index (χ4n) is 0.723. The Hall–Kier alpha value is 0.610. The molecule has 1 rings (SSSR count). The van der Waals surface area contributed by atoms with E-state index in [2.05, 4.69) is 22.0 Å². The van der Waals surface area contributed by atoms with E-state index in [4.69, 9.17) is 4.55 Å². The molecule has 0 spiro atoms. The summed E-state index contributed by atoms with van der Waals surface area (Å²) in [7, 11) is -4.05. The van der Waals surface area contributed by atoms with Crippen molar-refractivity contribution in [2.45, 2.75) is 4.16 Å². The van der Waals surface area contributed by atoms with Crippen LogP contribution in [-0.2, 0) is 10.1 Å². The van der Waals surface area contributed by atoms with Crippen molar-refractivity contribution in [2.75, 3.05) is 0 Å². The summed E-state index contributed by atoms with van der Waals surface area (Å²) in [5.74, 6) is 0. The number of hydrogen-bond acceptors (Lipinski definition) is 2. The van der Waals surface area contributed by atoms with E-state index in [1.54, 1.807) is 24.3 Å². The Morgan fingerprint density at radius 2 is 1.85 bits per heavy atom. The Morgan fingerprint density at radius 3 is 2.23 bits per heavy atom. The number of rotatable bonds is 2. The number of hydrogen-bond donors (Lipinski definition) is 1. The van der Waals surface area contributed by atoms with E-state index in [1.165, 1.54) is 0 Å². The van der Waals surface area contributed by atoms with Gasteiger partial charge in [-0.05, 0) is 0 Å². The van der Waals surface area contributed by atoms with Crippen LogP contribution in [0.2, 0.25) is 0 Å². The maximum absolute atomic E-state index is 10.6. The van der Waals surface area contributed by atoms with Crippen LogP contribution in [0.4, 0.5) is 0 Å². The number of alkyl halides is 1. The fraction of sp³-hybridized carbons (Fsp3) is 0.143. The summed E-state index contributed by atoms with van der Waals surface area (Å²) < 4.78 is 28.9. The van der Waals surface area contributed by atoms with E-state index >= 15 is 0 Å². The summed E-state index contributed by atoms with van der Waals surface area (Å²) in [5.41, 5.74) is 0.483. The van der Waals surface area contributed by atoms with E-state index in [1.807, 2.05) is 0 Å². The van der Waals surface area contributed by atoms with E-state index in [9.17, 15) is 8.42 Å². The maximum atomic E-state index is 10.6. The van der Waals surface area contributed by atoms with Gasteiger partial charge < -0.3 is 0 Å². The summed E-state index contributed by atoms with van der Waals surface area (Å²) in [4.78, 5) is 0. The molecule has 1 unspecified atom stereocenters. The van der Waals surface area contributed by atoms with Gasteiger partial charge in [0.2, 0.25) is 0 Å². The van der Waals surface area contributed by atoms with Gasteiger partial charge in [0.1, 0.15) is 4.16 Å². The molecular weight excluding hydrogens is 267 g/mol. The second kappa shape index (κ2) is 5.48. The van der Waals surface area contributed by atoms with E-state index in [-0.39, 0.29) is 29.6 Å². The molecule has 3 nitrogen and oxygen atoms in total. The minimum Gasteiger partial charge on any atom is -0.284 e.